The highest BCUT2D eigenvalue weighted by Crippen LogP contribution is 2.40. The minimum atomic E-state index is -0.342. The Bertz CT molecular complexity index is 780. The number of H-pyrrole nitrogens is 1. The van der Waals surface area contributed by atoms with Crippen molar-refractivity contribution in [2.24, 2.45) is 0 Å². The lowest BCUT2D eigenvalue weighted by molar-refractivity contribution is -0.411. The maximum Gasteiger partial charge on any atom is 0.357 e. The van der Waals surface area contributed by atoms with Gasteiger partial charge in [-0.2, -0.15) is 0 Å². The molecule has 2 aliphatic heterocycles. The fraction of sp³-hybridized carbons (Fsp3) is 0.353. The second-order valence-corrected chi connectivity index (χ2v) is 5.92. The molecule has 7 heteroatoms. The molecule has 1 fully saturated rings. The Balaban J connectivity index is 1.70. The summed E-state index contributed by atoms with van der Waals surface area (Å²) in [5.74, 6) is 2.06. The summed E-state index contributed by atoms with van der Waals surface area (Å²) in [6, 6.07) is 9.20. The molecule has 1 aromatic heterocycles. The van der Waals surface area contributed by atoms with Gasteiger partial charge in [0.2, 0.25) is 0 Å². The molecule has 1 atom stereocenters. The zero-order chi connectivity index (χ0) is 16.5. The van der Waals surface area contributed by atoms with Crippen LogP contribution in [0.2, 0.25) is 0 Å². The van der Waals surface area contributed by atoms with Gasteiger partial charge in [-0.05, 0) is 31.0 Å². The van der Waals surface area contributed by atoms with E-state index in [2.05, 4.69) is 9.88 Å². The summed E-state index contributed by atoms with van der Waals surface area (Å²) in [7, 11) is 0. The summed E-state index contributed by atoms with van der Waals surface area (Å²) >= 11 is 0. The summed E-state index contributed by atoms with van der Waals surface area (Å²) < 4.78 is 11.2. The van der Waals surface area contributed by atoms with Gasteiger partial charge in [-0.1, -0.05) is 6.07 Å². The molecule has 7 nitrogen and oxygen atoms in total. The van der Waals surface area contributed by atoms with Gasteiger partial charge in [-0.3, -0.25) is 10.1 Å². The van der Waals surface area contributed by atoms with Crippen LogP contribution in [0.1, 0.15) is 24.4 Å². The van der Waals surface area contributed by atoms with Crippen LogP contribution in [-0.4, -0.2) is 24.7 Å². The fourth-order valence-corrected chi connectivity index (χ4v) is 3.44. The monoisotopic (exact) mass is 328 g/mol. The smallest absolute Gasteiger partial charge is 0.357 e. The summed E-state index contributed by atoms with van der Waals surface area (Å²) in [6.07, 6.45) is 3.65. The zero-order valence-electron chi connectivity index (χ0n) is 13.1. The van der Waals surface area contributed by atoms with Gasteiger partial charge in [0, 0.05) is 11.6 Å². The SMILES string of the molecule is O=[N+]([O-])c1ccc[nH+]c1N1CCC[C@@H]1c1ccc2c(c1)OCCO2. The number of ether oxygens (including phenoxy) is 2. The lowest BCUT2D eigenvalue weighted by Gasteiger charge is -2.22. The summed E-state index contributed by atoms with van der Waals surface area (Å²) in [4.78, 5) is 16.1. The molecule has 24 heavy (non-hydrogen) atoms. The second kappa shape index (κ2) is 5.99. The van der Waals surface area contributed by atoms with Crippen molar-refractivity contribution in [3.63, 3.8) is 0 Å². The number of pyridine rings is 1. The van der Waals surface area contributed by atoms with Crippen molar-refractivity contribution in [3.8, 4) is 11.5 Å². The van der Waals surface area contributed by atoms with Crippen LogP contribution in [0.25, 0.3) is 0 Å². The van der Waals surface area contributed by atoms with Gasteiger partial charge in [0.15, 0.2) is 11.5 Å². The molecule has 124 valence electrons. The molecular formula is C17H18N3O4+. The van der Waals surface area contributed by atoms with Gasteiger partial charge in [0.1, 0.15) is 19.3 Å². The van der Waals surface area contributed by atoms with Crippen LogP contribution >= 0.6 is 0 Å². The van der Waals surface area contributed by atoms with E-state index < -0.39 is 0 Å². The van der Waals surface area contributed by atoms with E-state index in [1.54, 1.807) is 12.3 Å². The van der Waals surface area contributed by atoms with Crippen LogP contribution < -0.4 is 19.4 Å². The summed E-state index contributed by atoms with van der Waals surface area (Å²) in [6.45, 7) is 1.89. The molecule has 2 aromatic rings. The van der Waals surface area contributed by atoms with Gasteiger partial charge in [0.25, 0.3) is 0 Å². The molecule has 0 spiro atoms. The van der Waals surface area contributed by atoms with Gasteiger partial charge < -0.3 is 9.47 Å². The van der Waals surface area contributed by atoms with E-state index in [1.807, 2.05) is 18.2 Å². The number of aromatic amines is 1. The number of nitro groups is 1. The maximum absolute atomic E-state index is 11.3. The van der Waals surface area contributed by atoms with Gasteiger partial charge in [0.05, 0.1) is 17.7 Å². The van der Waals surface area contributed by atoms with E-state index in [1.165, 1.54) is 6.07 Å². The van der Waals surface area contributed by atoms with Crippen molar-refractivity contribution in [1.29, 1.82) is 0 Å². The highest BCUT2D eigenvalue weighted by atomic mass is 16.6. The third kappa shape index (κ3) is 2.51. The number of hydrogen-bond acceptors (Lipinski definition) is 5. The van der Waals surface area contributed by atoms with Gasteiger partial charge in [-0.15, -0.1) is 0 Å². The molecule has 0 aliphatic carbocycles. The first-order chi connectivity index (χ1) is 11.7. The maximum atomic E-state index is 11.3. The van der Waals surface area contributed by atoms with Crippen molar-refractivity contribution < 1.29 is 19.4 Å². The second-order valence-electron chi connectivity index (χ2n) is 5.92. The predicted octanol–water partition coefficient (Wildman–Crippen LogP) is 2.52. The molecule has 1 N–H and O–H groups in total. The number of aromatic nitrogens is 1. The van der Waals surface area contributed by atoms with Crippen LogP contribution in [-0.2, 0) is 0 Å². The quantitative estimate of drug-likeness (QED) is 0.639. The van der Waals surface area contributed by atoms with E-state index in [0.29, 0.717) is 19.0 Å². The first-order valence-corrected chi connectivity index (χ1v) is 8.05. The van der Waals surface area contributed by atoms with E-state index >= 15 is 0 Å². The van der Waals surface area contributed by atoms with Crippen LogP contribution in [0.3, 0.4) is 0 Å². The number of rotatable bonds is 3. The van der Waals surface area contributed by atoms with Crippen LogP contribution in [0.15, 0.2) is 36.5 Å². The lowest BCUT2D eigenvalue weighted by atomic mass is 10.0. The average Bonchev–Trinajstić information content (AvgIpc) is 3.11. The van der Waals surface area contributed by atoms with E-state index in [4.69, 9.17) is 9.47 Å². The normalized spacial score (nSPS) is 19.3. The molecule has 0 bridgehead atoms. The number of nitrogens with zero attached hydrogens (tertiary/aromatic N) is 2. The first kappa shape index (κ1) is 14.7. The van der Waals surface area contributed by atoms with E-state index in [9.17, 15) is 10.1 Å². The number of hydrogen-bond donors (Lipinski definition) is 0. The van der Waals surface area contributed by atoms with Crippen molar-refractivity contribution in [1.82, 2.24) is 0 Å². The van der Waals surface area contributed by atoms with Crippen LogP contribution in [0, 0.1) is 10.1 Å². The average molecular weight is 328 g/mol. The predicted molar refractivity (Wildman–Crippen MR) is 86.4 cm³/mol. The molecule has 1 aromatic carbocycles. The fourth-order valence-electron chi connectivity index (χ4n) is 3.44. The Hall–Kier alpha value is -2.83. The number of benzene rings is 1. The van der Waals surface area contributed by atoms with Gasteiger partial charge in [-0.25, -0.2) is 9.88 Å². The minimum Gasteiger partial charge on any atom is -0.486 e. The number of fused-ring (bicyclic) bond motifs is 1. The van der Waals surface area contributed by atoms with E-state index in [-0.39, 0.29) is 16.7 Å². The highest BCUT2D eigenvalue weighted by molar-refractivity contribution is 5.56. The Morgan fingerprint density at radius 3 is 2.88 bits per heavy atom. The molecule has 0 saturated carbocycles. The van der Waals surface area contributed by atoms with Crippen molar-refractivity contribution >= 4 is 11.5 Å². The minimum absolute atomic E-state index is 0.0816. The van der Waals surface area contributed by atoms with Crippen molar-refractivity contribution in [2.45, 2.75) is 18.9 Å². The Morgan fingerprint density at radius 2 is 2.04 bits per heavy atom. The molecule has 3 heterocycles. The molecule has 2 aliphatic rings. The first-order valence-electron chi connectivity index (χ1n) is 8.05. The summed E-state index contributed by atoms with van der Waals surface area (Å²) in [5, 5.41) is 11.3. The number of nitrogens with one attached hydrogen (secondary N) is 1. The molecule has 1 saturated heterocycles. The molecule has 0 radical (unpaired) electrons. The lowest BCUT2D eigenvalue weighted by Crippen LogP contribution is -2.29. The Morgan fingerprint density at radius 1 is 1.21 bits per heavy atom. The Labute approximate surface area is 139 Å². The number of anilines is 1. The van der Waals surface area contributed by atoms with Crippen molar-refractivity contribution in [3.05, 3.63) is 52.2 Å². The standard InChI is InChI=1S/C17H17N3O4/c21-20(22)14-3-1-7-18-17(14)19-8-2-4-13(19)12-5-6-15-16(11-12)24-10-9-23-15/h1,3,5-7,11,13H,2,4,8-10H2/p+1/t13-/m1/s1. The molecule has 4 rings (SSSR count). The molecule has 0 unspecified atom stereocenters. The molecule has 0 amide bonds. The largest absolute Gasteiger partial charge is 0.486 e. The zero-order valence-corrected chi connectivity index (χ0v) is 13.1. The molecular weight excluding hydrogens is 310 g/mol. The topological polar surface area (TPSA) is 79.0 Å². The Kier molecular flexibility index (Phi) is 3.68. The highest BCUT2D eigenvalue weighted by Gasteiger charge is 2.38. The van der Waals surface area contributed by atoms with Crippen LogP contribution in [0.4, 0.5) is 11.5 Å². The third-order valence-corrected chi connectivity index (χ3v) is 4.50. The van der Waals surface area contributed by atoms with Crippen molar-refractivity contribution in [2.75, 3.05) is 24.7 Å². The van der Waals surface area contributed by atoms with E-state index in [0.717, 1.165) is 36.4 Å². The van der Waals surface area contributed by atoms with Gasteiger partial charge >= 0.3 is 11.5 Å². The van der Waals surface area contributed by atoms with Crippen LogP contribution in [0.5, 0.6) is 11.5 Å². The summed E-state index contributed by atoms with van der Waals surface area (Å²) in [5.41, 5.74) is 1.19. The third-order valence-electron chi connectivity index (χ3n) is 4.50.